The maximum Gasteiger partial charge on any atom is 0.331 e. The monoisotopic (exact) mass is 411 g/mol. The van der Waals surface area contributed by atoms with Crippen LogP contribution in [-0.2, 0) is 17.9 Å². The molecule has 0 bridgehead atoms. The number of benzene rings is 2. The molecule has 0 fully saturated rings. The SMILES string of the molecule is CC(c1ccccc1Cl)N(C)C(=O)Cn1c(=O)ccn(Cc2ccccc2)c1=O. The zero-order chi connectivity index (χ0) is 21.0. The van der Waals surface area contributed by atoms with E-state index in [1.54, 1.807) is 13.1 Å². The van der Waals surface area contributed by atoms with Crippen LogP contribution in [0, 0.1) is 0 Å². The van der Waals surface area contributed by atoms with Gasteiger partial charge < -0.3 is 4.90 Å². The van der Waals surface area contributed by atoms with Crippen LogP contribution in [0.2, 0.25) is 5.02 Å². The molecule has 0 spiro atoms. The Morgan fingerprint density at radius 3 is 2.38 bits per heavy atom. The molecule has 0 radical (unpaired) electrons. The summed E-state index contributed by atoms with van der Waals surface area (Å²) in [5, 5.41) is 0.557. The molecule has 1 atom stereocenters. The molecular weight excluding hydrogens is 390 g/mol. The number of carbonyl (C=O) groups is 1. The number of carbonyl (C=O) groups excluding carboxylic acids is 1. The second-order valence-corrected chi connectivity index (χ2v) is 7.25. The van der Waals surface area contributed by atoms with Crippen molar-refractivity contribution in [3.8, 4) is 0 Å². The Bertz CT molecular complexity index is 1120. The first-order valence-corrected chi connectivity index (χ1v) is 9.60. The van der Waals surface area contributed by atoms with Crippen molar-refractivity contribution in [1.29, 1.82) is 0 Å². The van der Waals surface area contributed by atoms with E-state index in [1.807, 2.05) is 55.5 Å². The van der Waals surface area contributed by atoms with E-state index < -0.39 is 11.2 Å². The second-order valence-electron chi connectivity index (χ2n) is 6.84. The minimum atomic E-state index is -0.520. The Hall–Kier alpha value is -3.12. The van der Waals surface area contributed by atoms with Crippen LogP contribution in [0.5, 0.6) is 0 Å². The summed E-state index contributed by atoms with van der Waals surface area (Å²) in [5.41, 5.74) is 0.697. The lowest BCUT2D eigenvalue weighted by Gasteiger charge is -2.26. The molecule has 1 unspecified atom stereocenters. The van der Waals surface area contributed by atoms with Gasteiger partial charge in [-0.15, -0.1) is 0 Å². The number of aromatic nitrogens is 2. The molecular formula is C22H22ClN3O3. The minimum absolute atomic E-state index is 0.304. The molecule has 6 nitrogen and oxygen atoms in total. The topological polar surface area (TPSA) is 64.3 Å². The lowest BCUT2D eigenvalue weighted by molar-refractivity contribution is -0.132. The summed E-state index contributed by atoms with van der Waals surface area (Å²) in [7, 11) is 1.63. The first-order valence-electron chi connectivity index (χ1n) is 9.23. The average Bonchev–Trinajstić information content (AvgIpc) is 2.73. The van der Waals surface area contributed by atoms with Gasteiger partial charge in [-0.3, -0.25) is 18.7 Å². The molecule has 0 aliphatic carbocycles. The molecule has 29 heavy (non-hydrogen) atoms. The molecule has 2 aromatic carbocycles. The average molecular weight is 412 g/mol. The van der Waals surface area contributed by atoms with Crippen LogP contribution in [0.25, 0.3) is 0 Å². The van der Waals surface area contributed by atoms with Gasteiger partial charge in [-0.2, -0.15) is 0 Å². The lowest BCUT2D eigenvalue weighted by atomic mass is 10.1. The third-order valence-corrected chi connectivity index (χ3v) is 5.30. The summed E-state index contributed by atoms with van der Waals surface area (Å²) >= 11 is 6.23. The lowest BCUT2D eigenvalue weighted by Crippen LogP contribution is -2.44. The normalized spacial score (nSPS) is 11.8. The smallest absolute Gasteiger partial charge is 0.331 e. The van der Waals surface area contributed by atoms with Crippen molar-refractivity contribution in [3.05, 3.63) is 104 Å². The van der Waals surface area contributed by atoms with Crippen LogP contribution in [0.4, 0.5) is 0 Å². The summed E-state index contributed by atoms with van der Waals surface area (Å²) in [6.45, 7) is 1.83. The van der Waals surface area contributed by atoms with Crippen LogP contribution in [0.1, 0.15) is 24.1 Å². The van der Waals surface area contributed by atoms with Crippen LogP contribution in [0.3, 0.4) is 0 Å². The first kappa shape index (κ1) is 20.6. The molecule has 7 heteroatoms. The first-order chi connectivity index (χ1) is 13.9. The van der Waals surface area contributed by atoms with E-state index in [0.29, 0.717) is 11.6 Å². The van der Waals surface area contributed by atoms with Gasteiger partial charge >= 0.3 is 5.69 Å². The number of amides is 1. The van der Waals surface area contributed by atoms with Crippen molar-refractivity contribution in [2.24, 2.45) is 0 Å². The van der Waals surface area contributed by atoms with Crippen LogP contribution in [0.15, 0.2) is 76.4 Å². The van der Waals surface area contributed by atoms with Gasteiger partial charge in [-0.25, -0.2) is 4.79 Å². The number of nitrogens with zero attached hydrogens (tertiary/aromatic N) is 3. The van der Waals surface area contributed by atoms with Gasteiger partial charge in [0.05, 0.1) is 12.6 Å². The fourth-order valence-electron chi connectivity index (χ4n) is 3.09. The van der Waals surface area contributed by atoms with Gasteiger partial charge in [0.25, 0.3) is 5.56 Å². The molecule has 0 saturated heterocycles. The molecule has 0 aliphatic heterocycles. The van der Waals surface area contributed by atoms with Gasteiger partial charge in [-0.05, 0) is 24.1 Å². The molecule has 3 aromatic rings. The van der Waals surface area contributed by atoms with Crippen molar-refractivity contribution >= 4 is 17.5 Å². The quantitative estimate of drug-likeness (QED) is 0.626. The highest BCUT2D eigenvalue weighted by Gasteiger charge is 2.21. The van der Waals surface area contributed by atoms with Gasteiger partial charge in [-0.1, -0.05) is 60.1 Å². The van der Waals surface area contributed by atoms with Gasteiger partial charge in [0.15, 0.2) is 0 Å². The minimum Gasteiger partial charge on any atom is -0.337 e. The Kier molecular flexibility index (Phi) is 6.34. The second kappa shape index (κ2) is 8.92. The summed E-state index contributed by atoms with van der Waals surface area (Å²) in [5.74, 6) is -0.353. The van der Waals surface area contributed by atoms with Crippen molar-refractivity contribution in [2.75, 3.05) is 7.05 Å². The molecule has 150 valence electrons. The number of rotatable bonds is 6. The molecule has 1 aromatic heterocycles. The summed E-state index contributed by atoms with van der Waals surface area (Å²) < 4.78 is 2.38. The highest BCUT2D eigenvalue weighted by Crippen LogP contribution is 2.26. The van der Waals surface area contributed by atoms with E-state index in [-0.39, 0.29) is 18.5 Å². The number of halogens is 1. The van der Waals surface area contributed by atoms with E-state index in [9.17, 15) is 14.4 Å². The summed E-state index contributed by atoms with van der Waals surface area (Å²) in [4.78, 5) is 39.3. The van der Waals surface area contributed by atoms with Crippen molar-refractivity contribution in [3.63, 3.8) is 0 Å². The third-order valence-electron chi connectivity index (χ3n) is 4.96. The Morgan fingerprint density at radius 2 is 1.69 bits per heavy atom. The molecule has 0 aliphatic rings. The predicted octanol–water partition coefficient (Wildman–Crippen LogP) is 2.93. The van der Waals surface area contributed by atoms with Crippen LogP contribution < -0.4 is 11.2 Å². The van der Waals surface area contributed by atoms with Gasteiger partial charge in [0.1, 0.15) is 6.54 Å². The summed E-state index contributed by atoms with van der Waals surface area (Å²) in [6.07, 6.45) is 1.45. The fourth-order valence-corrected chi connectivity index (χ4v) is 3.38. The van der Waals surface area contributed by atoms with Crippen molar-refractivity contribution in [1.82, 2.24) is 14.0 Å². The number of likely N-dealkylation sites (N-methyl/N-ethyl adjacent to an activating group) is 1. The molecule has 0 saturated carbocycles. The zero-order valence-electron chi connectivity index (χ0n) is 16.3. The Balaban J connectivity index is 1.83. The maximum absolute atomic E-state index is 12.8. The molecule has 0 N–H and O–H groups in total. The predicted molar refractivity (Wildman–Crippen MR) is 113 cm³/mol. The molecule has 1 heterocycles. The number of hydrogen-bond acceptors (Lipinski definition) is 3. The van der Waals surface area contributed by atoms with Crippen molar-refractivity contribution in [2.45, 2.75) is 26.1 Å². The standard InChI is InChI=1S/C22H22ClN3O3/c1-16(18-10-6-7-11-19(18)23)24(2)21(28)15-26-20(27)12-13-25(22(26)29)14-17-8-4-3-5-9-17/h3-13,16H,14-15H2,1-2H3. The Labute approximate surface area is 173 Å². The van der Waals surface area contributed by atoms with E-state index in [2.05, 4.69) is 0 Å². The highest BCUT2D eigenvalue weighted by molar-refractivity contribution is 6.31. The van der Waals surface area contributed by atoms with Crippen LogP contribution in [-0.4, -0.2) is 27.0 Å². The van der Waals surface area contributed by atoms with Crippen molar-refractivity contribution < 1.29 is 4.79 Å². The largest absolute Gasteiger partial charge is 0.337 e. The fraction of sp³-hybridized carbons (Fsp3) is 0.227. The number of hydrogen-bond donors (Lipinski definition) is 0. The van der Waals surface area contributed by atoms with Crippen LogP contribution >= 0.6 is 11.6 Å². The van der Waals surface area contributed by atoms with Gasteiger partial charge in [0.2, 0.25) is 5.91 Å². The van der Waals surface area contributed by atoms with E-state index >= 15 is 0 Å². The maximum atomic E-state index is 12.8. The third kappa shape index (κ3) is 4.66. The van der Waals surface area contributed by atoms with E-state index in [4.69, 9.17) is 11.6 Å². The van der Waals surface area contributed by atoms with Gasteiger partial charge in [0, 0.05) is 24.3 Å². The Morgan fingerprint density at radius 1 is 1.03 bits per heavy atom. The molecule has 1 amide bonds. The van der Waals surface area contributed by atoms with E-state index in [0.717, 1.165) is 15.7 Å². The summed E-state index contributed by atoms with van der Waals surface area (Å²) in [6, 6.07) is 17.7. The highest BCUT2D eigenvalue weighted by atomic mass is 35.5. The van der Waals surface area contributed by atoms with E-state index in [1.165, 1.54) is 21.7 Å². The molecule has 3 rings (SSSR count). The zero-order valence-corrected chi connectivity index (χ0v) is 17.0.